The summed E-state index contributed by atoms with van der Waals surface area (Å²) in [5.74, 6) is 6.26. The van der Waals surface area contributed by atoms with Gasteiger partial charge in [-0.2, -0.15) is 0 Å². The molecule has 1 aromatic carbocycles. The molecule has 1 fully saturated rings. The second-order valence-electron chi connectivity index (χ2n) is 5.34. The molecule has 3 rings (SSSR count). The van der Waals surface area contributed by atoms with E-state index >= 15 is 0 Å². The van der Waals surface area contributed by atoms with Gasteiger partial charge in [-0.05, 0) is 24.5 Å². The Morgan fingerprint density at radius 2 is 2.25 bits per heavy atom. The number of hydrogen-bond acceptors (Lipinski definition) is 4. The van der Waals surface area contributed by atoms with Gasteiger partial charge in [0.15, 0.2) is 0 Å². The van der Waals surface area contributed by atoms with Crippen LogP contribution >= 0.6 is 0 Å². The Hall–Kier alpha value is -1.49. The summed E-state index contributed by atoms with van der Waals surface area (Å²) in [6.45, 7) is 2.98. The minimum Gasteiger partial charge on any atom is -0.378 e. The summed E-state index contributed by atoms with van der Waals surface area (Å²) in [5, 5.41) is 1.15. The maximum absolute atomic E-state index is 5.86. The highest BCUT2D eigenvalue weighted by Crippen LogP contribution is 2.36. The minimum absolute atomic E-state index is 0.0843. The third kappa shape index (κ3) is 2.30. The average molecular weight is 271 g/mol. The van der Waals surface area contributed by atoms with Gasteiger partial charge in [0, 0.05) is 24.1 Å². The average Bonchev–Trinajstić information content (AvgIpc) is 2.97. The molecule has 1 saturated heterocycles. The molecule has 0 bridgehead atoms. The Balaban J connectivity index is 2.03. The number of hydrogen-bond donors (Lipinski definition) is 2. The summed E-state index contributed by atoms with van der Waals surface area (Å²) in [6, 6.07) is 10.4. The third-order valence-electron chi connectivity index (χ3n) is 4.27. The maximum atomic E-state index is 5.86. The molecular formula is C16H21N3O. The number of nitrogens with zero attached hydrogens (tertiary/aromatic N) is 1. The van der Waals surface area contributed by atoms with Gasteiger partial charge in [0.05, 0.1) is 17.7 Å². The van der Waals surface area contributed by atoms with Crippen LogP contribution in [0.4, 0.5) is 0 Å². The van der Waals surface area contributed by atoms with Crippen LogP contribution in [0.15, 0.2) is 36.5 Å². The van der Waals surface area contributed by atoms with Crippen LogP contribution in [-0.4, -0.2) is 17.7 Å². The van der Waals surface area contributed by atoms with Gasteiger partial charge in [0.2, 0.25) is 0 Å². The monoisotopic (exact) mass is 271 g/mol. The van der Waals surface area contributed by atoms with Crippen LogP contribution in [0.25, 0.3) is 10.9 Å². The zero-order valence-corrected chi connectivity index (χ0v) is 11.8. The number of rotatable bonds is 4. The van der Waals surface area contributed by atoms with Crippen molar-refractivity contribution >= 4 is 10.9 Å². The van der Waals surface area contributed by atoms with E-state index in [1.807, 2.05) is 12.3 Å². The number of nitrogens with one attached hydrogen (secondary N) is 1. The van der Waals surface area contributed by atoms with E-state index < -0.39 is 0 Å². The molecule has 20 heavy (non-hydrogen) atoms. The van der Waals surface area contributed by atoms with Gasteiger partial charge in [0.1, 0.15) is 0 Å². The van der Waals surface area contributed by atoms with Gasteiger partial charge in [-0.15, -0.1) is 0 Å². The van der Waals surface area contributed by atoms with Crippen LogP contribution in [0.1, 0.15) is 31.4 Å². The molecule has 0 spiro atoms. The smallest absolute Gasteiger partial charge is 0.0750 e. The first-order valence-electron chi connectivity index (χ1n) is 7.26. The van der Waals surface area contributed by atoms with Gasteiger partial charge in [-0.1, -0.05) is 31.2 Å². The van der Waals surface area contributed by atoms with Crippen molar-refractivity contribution in [1.29, 1.82) is 0 Å². The van der Waals surface area contributed by atoms with Crippen LogP contribution in [0.3, 0.4) is 0 Å². The van der Waals surface area contributed by atoms with E-state index in [9.17, 15) is 0 Å². The fourth-order valence-electron chi connectivity index (χ4n) is 3.29. The van der Waals surface area contributed by atoms with E-state index in [1.54, 1.807) is 0 Å². The Bertz CT molecular complexity index is 581. The lowest BCUT2D eigenvalue weighted by atomic mass is 9.86. The zero-order valence-electron chi connectivity index (χ0n) is 11.8. The molecule has 0 saturated carbocycles. The molecule has 3 unspecified atom stereocenters. The second-order valence-corrected chi connectivity index (χ2v) is 5.34. The van der Waals surface area contributed by atoms with Crippen molar-refractivity contribution in [2.75, 3.05) is 6.61 Å². The molecule has 1 aromatic heterocycles. The highest BCUT2D eigenvalue weighted by Gasteiger charge is 2.34. The quantitative estimate of drug-likeness (QED) is 0.663. The van der Waals surface area contributed by atoms with Crippen molar-refractivity contribution in [1.82, 2.24) is 10.4 Å². The number of ether oxygens (including phenoxy) is 1. The first kappa shape index (κ1) is 13.5. The highest BCUT2D eigenvalue weighted by molar-refractivity contribution is 5.82. The predicted molar refractivity (Wildman–Crippen MR) is 79.9 cm³/mol. The van der Waals surface area contributed by atoms with Gasteiger partial charge in [0.25, 0.3) is 0 Å². The van der Waals surface area contributed by atoms with Crippen molar-refractivity contribution < 1.29 is 4.74 Å². The largest absolute Gasteiger partial charge is 0.378 e. The molecule has 2 aromatic rings. The Morgan fingerprint density at radius 3 is 3.05 bits per heavy atom. The van der Waals surface area contributed by atoms with Crippen LogP contribution in [-0.2, 0) is 4.74 Å². The van der Waals surface area contributed by atoms with Crippen molar-refractivity contribution in [3.63, 3.8) is 0 Å². The second kappa shape index (κ2) is 5.87. The molecule has 106 valence electrons. The van der Waals surface area contributed by atoms with E-state index in [0.717, 1.165) is 30.4 Å². The lowest BCUT2D eigenvalue weighted by molar-refractivity contribution is 0.0775. The standard InChI is InChI=1S/C16H21N3O/c1-2-14-12(8-10-20-14)16(19-17)13-7-3-5-11-6-4-9-18-15(11)13/h3-7,9,12,14,16,19H,2,8,10,17H2,1H3. The number of hydrazine groups is 1. The van der Waals surface area contributed by atoms with Crippen molar-refractivity contribution in [3.8, 4) is 0 Å². The fraction of sp³-hybridized carbons (Fsp3) is 0.438. The number of benzene rings is 1. The highest BCUT2D eigenvalue weighted by atomic mass is 16.5. The Morgan fingerprint density at radius 1 is 1.40 bits per heavy atom. The maximum Gasteiger partial charge on any atom is 0.0750 e. The molecule has 2 heterocycles. The van der Waals surface area contributed by atoms with E-state index in [2.05, 4.69) is 41.6 Å². The van der Waals surface area contributed by atoms with Gasteiger partial charge >= 0.3 is 0 Å². The molecule has 3 N–H and O–H groups in total. The molecule has 0 aliphatic carbocycles. The lowest BCUT2D eigenvalue weighted by Gasteiger charge is -2.27. The molecule has 1 aliphatic heterocycles. The minimum atomic E-state index is 0.0843. The zero-order chi connectivity index (χ0) is 13.9. The van der Waals surface area contributed by atoms with Crippen molar-refractivity contribution in [2.45, 2.75) is 31.9 Å². The first-order valence-corrected chi connectivity index (χ1v) is 7.26. The molecular weight excluding hydrogens is 250 g/mol. The SMILES string of the molecule is CCC1OCCC1C(NN)c1cccc2cccnc12. The Kier molecular flexibility index (Phi) is 3.96. The Labute approximate surface area is 119 Å². The molecule has 3 atom stereocenters. The normalized spacial score (nSPS) is 24.1. The number of para-hydroxylation sites is 1. The topological polar surface area (TPSA) is 60.2 Å². The van der Waals surface area contributed by atoms with Gasteiger partial charge < -0.3 is 4.74 Å². The van der Waals surface area contributed by atoms with Crippen molar-refractivity contribution in [3.05, 3.63) is 42.1 Å². The summed E-state index contributed by atoms with van der Waals surface area (Å²) < 4.78 is 5.82. The fourth-order valence-corrected chi connectivity index (χ4v) is 3.29. The summed E-state index contributed by atoms with van der Waals surface area (Å²) in [7, 11) is 0. The number of aromatic nitrogens is 1. The summed E-state index contributed by atoms with van der Waals surface area (Å²) in [4.78, 5) is 4.54. The van der Waals surface area contributed by atoms with Crippen LogP contribution < -0.4 is 11.3 Å². The van der Waals surface area contributed by atoms with Crippen LogP contribution in [0, 0.1) is 5.92 Å². The summed E-state index contributed by atoms with van der Waals surface area (Å²) in [6.07, 6.45) is 4.16. The molecule has 1 aliphatic rings. The van der Waals surface area contributed by atoms with Crippen LogP contribution in [0.2, 0.25) is 0 Å². The summed E-state index contributed by atoms with van der Waals surface area (Å²) in [5.41, 5.74) is 5.19. The summed E-state index contributed by atoms with van der Waals surface area (Å²) >= 11 is 0. The van der Waals surface area contributed by atoms with E-state index in [4.69, 9.17) is 10.6 Å². The number of pyridine rings is 1. The number of fused-ring (bicyclic) bond motifs is 1. The predicted octanol–water partition coefficient (Wildman–Crippen LogP) is 2.55. The molecule has 0 amide bonds. The van der Waals surface area contributed by atoms with E-state index in [-0.39, 0.29) is 12.1 Å². The van der Waals surface area contributed by atoms with Gasteiger partial charge in [-0.3, -0.25) is 16.3 Å². The third-order valence-corrected chi connectivity index (χ3v) is 4.27. The van der Waals surface area contributed by atoms with Crippen molar-refractivity contribution in [2.24, 2.45) is 11.8 Å². The van der Waals surface area contributed by atoms with E-state index in [0.29, 0.717) is 5.92 Å². The van der Waals surface area contributed by atoms with E-state index in [1.165, 1.54) is 5.56 Å². The molecule has 0 radical (unpaired) electrons. The molecule has 4 nitrogen and oxygen atoms in total. The number of nitrogens with two attached hydrogens (primary N) is 1. The molecule has 4 heteroatoms. The van der Waals surface area contributed by atoms with Gasteiger partial charge in [-0.25, -0.2) is 0 Å². The first-order chi connectivity index (χ1) is 9.85. The lowest BCUT2D eigenvalue weighted by Crippen LogP contribution is -2.37. The van der Waals surface area contributed by atoms with Crippen LogP contribution in [0.5, 0.6) is 0 Å².